The van der Waals surface area contributed by atoms with Crippen molar-refractivity contribution in [3.8, 4) is 5.75 Å². The summed E-state index contributed by atoms with van der Waals surface area (Å²) in [7, 11) is 0. The third-order valence-electron chi connectivity index (χ3n) is 4.77. The number of aromatic nitrogens is 2. The average molecular weight is 511 g/mol. The molecule has 0 radical (unpaired) electrons. The fourth-order valence-electron chi connectivity index (χ4n) is 3.20. The number of fused-ring (bicyclic) bond motifs is 1. The number of benzene rings is 2. The molecule has 2 N–H and O–H groups in total. The van der Waals surface area contributed by atoms with Crippen molar-refractivity contribution in [1.82, 2.24) is 14.9 Å². The van der Waals surface area contributed by atoms with E-state index in [1.54, 1.807) is 6.92 Å². The maximum absolute atomic E-state index is 14.6. The number of nitrogens with one attached hydrogen (secondary N) is 2. The first-order valence-corrected chi connectivity index (χ1v) is 11.4. The molecule has 0 saturated carbocycles. The second-order valence-corrected chi connectivity index (χ2v) is 8.90. The van der Waals surface area contributed by atoms with Crippen LogP contribution in [0.15, 0.2) is 48.8 Å². The van der Waals surface area contributed by atoms with Crippen LogP contribution in [0.25, 0.3) is 10.2 Å². The minimum Gasteiger partial charge on any atom is -0.483 e. The van der Waals surface area contributed by atoms with Gasteiger partial charge in [-0.1, -0.05) is 34.5 Å². The smallest absolute Gasteiger partial charge is 0.321 e. The average Bonchev–Trinajstić information content (AvgIpc) is 3.40. The lowest BCUT2D eigenvalue weighted by Crippen LogP contribution is -2.31. The van der Waals surface area contributed by atoms with Gasteiger partial charge in [-0.15, -0.1) is 0 Å². The predicted molar refractivity (Wildman–Crippen MR) is 126 cm³/mol. The first kappa shape index (κ1) is 23.3. The Hall–Kier alpha value is -2.88. The van der Waals surface area contributed by atoms with Crippen LogP contribution in [0.1, 0.15) is 18.6 Å². The second-order valence-electron chi connectivity index (χ2n) is 7.09. The highest BCUT2D eigenvalue weighted by atomic mass is 35.5. The number of nitrogens with zero attached hydrogens (tertiary/aromatic N) is 2. The first-order valence-electron chi connectivity index (χ1n) is 9.87. The first-order chi connectivity index (χ1) is 15.8. The molecule has 0 aliphatic heterocycles. The fourth-order valence-corrected chi connectivity index (χ4v) is 4.75. The molecule has 1 atom stereocenters. The minimum absolute atomic E-state index is 0.0715. The molecule has 1 unspecified atom stereocenters. The molecule has 4 rings (SSSR count). The van der Waals surface area contributed by atoms with Crippen LogP contribution >= 0.6 is 34.5 Å². The highest BCUT2D eigenvalue weighted by Crippen LogP contribution is 2.37. The van der Waals surface area contributed by atoms with E-state index in [1.807, 2.05) is 29.1 Å². The Morgan fingerprint density at radius 1 is 1.21 bits per heavy atom. The van der Waals surface area contributed by atoms with Gasteiger partial charge in [0.15, 0.2) is 16.7 Å². The molecule has 0 spiro atoms. The summed E-state index contributed by atoms with van der Waals surface area (Å²) in [5, 5.41) is 5.73. The van der Waals surface area contributed by atoms with Gasteiger partial charge in [0, 0.05) is 48.2 Å². The Labute approximate surface area is 202 Å². The van der Waals surface area contributed by atoms with Crippen LogP contribution in [-0.2, 0) is 6.54 Å². The molecular formula is C22H18Cl2F2N4O2S. The van der Waals surface area contributed by atoms with Gasteiger partial charge in [0.05, 0.1) is 15.2 Å². The van der Waals surface area contributed by atoms with Crippen molar-refractivity contribution in [2.75, 3.05) is 11.9 Å². The van der Waals surface area contributed by atoms with Crippen molar-refractivity contribution >= 4 is 55.9 Å². The van der Waals surface area contributed by atoms with E-state index >= 15 is 0 Å². The summed E-state index contributed by atoms with van der Waals surface area (Å²) in [6.45, 7) is 2.65. The number of halogens is 4. The van der Waals surface area contributed by atoms with E-state index < -0.39 is 23.8 Å². The van der Waals surface area contributed by atoms with E-state index in [2.05, 4.69) is 15.6 Å². The summed E-state index contributed by atoms with van der Waals surface area (Å²) >= 11 is 13.3. The summed E-state index contributed by atoms with van der Waals surface area (Å²) in [6, 6.07) is 8.58. The number of amides is 2. The normalized spacial score (nSPS) is 12.0. The molecule has 0 aliphatic rings. The monoisotopic (exact) mass is 510 g/mol. The van der Waals surface area contributed by atoms with Crippen molar-refractivity contribution in [1.29, 1.82) is 0 Å². The molecule has 0 saturated heterocycles. The van der Waals surface area contributed by atoms with Crippen LogP contribution in [0.2, 0.25) is 10.0 Å². The Morgan fingerprint density at radius 3 is 2.73 bits per heavy atom. The Morgan fingerprint density at radius 2 is 1.97 bits per heavy atom. The molecule has 33 heavy (non-hydrogen) atoms. The topological polar surface area (TPSA) is 68.2 Å². The molecule has 4 aromatic rings. The standard InChI is InChI=1S/C22H18Cl2F2N4O2S/c1-12(19-13(23)4-5-14(25)20(19)24)32-17-11-18-16(10-15(17)26)28-22(33-18)29-21(31)27-6-9-30-7-2-3-8-30/h2-5,7-8,10-12H,6,9H2,1H3,(H2,27,28,29,31). The van der Waals surface area contributed by atoms with Gasteiger partial charge in [-0.3, -0.25) is 5.32 Å². The van der Waals surface area contributed by atoms with Crippen LogP contribution in [0, 0.1) is 11.6 Å². The van der Waals surface area contributed by atoms with Crippen LogP contribution in [0.3, 0.4) is 0 Å². The van der Waals surface area contributed by atoms with Crippen molar-refractivity contribution in [2.24, 2.45) is 0 Å². The van der Waals surface area contributed by atoms with Gasteiger partial charge in [0.25, 0.3) is 0 Å². The maximum atomic E-state index is 14.6. The van der Waals surface area contributed by atoms with Gasteiger partial charge in [-0.05, 0) is 31.2 Å². The molecule has 11 heteroatoms. The molecule has 2 heterocycles. The lowest BCUT2D eigenvalue weighted by Gasteiger charge is -2.18. The van der Waals surface area contributed by atoms with Gasteiger partial charge in [0.2, 0.25) is 0 Å². The predicted octanol–water partition coefficient (Wildman–Crippen LogP) is 6.64. The van der Waals surface area contributed by atoms with E-state index in [0.29, 0.717) is 28.4 Å². The molecule has 0 fully saturated rings. The quantitative estimate of drug-likeness (QED) is 0.273. The van der Waals surface area contributed by atoms with Gasteiger partial charge in [-0.25, -0.2) is 18.6 Å². The van der Waals surface area contributed by atoms with Crippen molar-refractivity contribution in [3.63, 3.8) is 0 Å². The van der Waals surface area contributed by atoms with Crippen molar-refractivity contribution < 1.29 is 18.3 Å². The third kappa shape index (κ3) is 5.38. The van der Waals surface area contributed by atoms with Gasteiger partial charge in [-0.2, -0.15) is 0 Å². The number of hydrogen-bond acceptors (Lipinski definition) is 4. The van der Waals surface area contributed by atoms with Crippen LogP contribution < -0.4 is 15.4 Å². The highest BCUT2D eigenvalue weighted by Gasteiger charge is 2.21. The summed E-state index contributed by atoms with van der Waals surface area (Å²) in [5.41, 5.74) is 0.586. The summed E-state index contributed by atoms with van der Waals surface area (Å²) in [6.07, 6.45) is 2.99. The number of ether oxygens (including phenoxy) is 1. The van der Waals surface area contributed by atoms with E-state index in [4.69, 9.17) is 27.9 Å². The van der Waals surface area contributed by atoms with E-state index in [9.17, 15) is 13.6 Å². The number of anilines is 1. The maximum Gasteiger partial charge on any atom is 0.321 e. The van der Waals surface area contributed by atoms with Crippen molar-refractivity contribution in [2.45, 2.75) is 19.6 Å². The van der Waals surface area contributed by atoms with E-state index in [1.165, 1.54) is 18.2 Å². The molecule has 2 aromatic heterocycles. The van der Waals surface area contributed by atoms with Crippen LogP contribution in [0.5, 0.6) is 5.75 Å². The third-order valence-corrected chi connectivity index (χ3v) is 6.42. The van der Waals surface area contributed by atoms with Gasteiger partial charge >= 0.3 is 6.03 Å². The van der Waals surface area contributed by atoms with Gasteiger partial charge < -0.3 is 14.6 Å². The number of thiazole rings is 1. The Balaban J connectivity index is 1.45. The van der Waals surface area contributed by atoms with Crippen LogP contribution in [0.4, 0.5) is 18.7 Å². The molecule has 2 aromatic carbocycles. The number of carbonyl (C=O) groups excluding carboxylic acids is 1. The highest BCUT2D eigenvalue weighted by molar-refractivity contribution is 7.22. The zero-order chi connectivity index (χ0) is 23.5. The van der Waals surface area contributed by atoms with E-state index in [-0.39, 0.29) is 21.4 Å². The van der Waals surface area contributed by atoms with Gasteiger partial charge in [0.1, 0.15) is 11.9 Å². The van der Waals surface area contributed by atoms with Crippen molar-refractivity contribution in [3.05, 3.63) is 76.0 Å². The molecule has 6 nitrogen and oxygen atoms in total. The Kier molecular flexibility index (Phi) is 7.02. The summed E-state index contributed by atoms with van der Waals surface area (Å²) < 4.78 is 36.7. The lowest BCUT2D eigenvalue weighted by molar-refractivity contribution is 0.216. The molecular weight excluding hydrogens is 493 g/mol. The number of rotatable bonds is 7. The number of hydrogen-bond donors (Lipinski definition) is 2. The van der Waals surface area contributed by atoms with E-state index in [0.717, 1.165) is 17.4 Å². The fraction of sp³-hybridized carbons (Fsp3) is 0.182. The molecule has 2 amide bonds. The summed E-state index contributed by atoms with van der Waals surface area (Å²) in [4.78, 5) is 16.4. The largest absolute Gasteiger partial charge is 0.483 e. The molecule has 0 aliphatic carbocycles. The molecule has 0 bridgehead atoms. The molecule has 172 valence electrons. The van der Waals surface area contributed by atoms with Crippen LogP contribution in [-0.4, -0.2) is 22.1 Å². The summed E-state index contributed by atoms with van der Waals surface area (Å²) in [5.74, 6) is -1.38. The number of carbonyl (C=O) groups is 1. The zero-order valence-corrected chi connectivity index (χ0v) is 19.6. The Bertz CT molecular complexity index is 1300. The SMILES string of the molecule is CC(Oc1cc2sc(NC(=O)NCCn3cccc3)nc2cc1F)c1c(Cl)ccc(F)c1Cl. The lowest BCUT2D eigenvalue weighted by atomic mass is 10.1. The second kappa shape index (κ2) is 9.94. The number of urea groups is 1. The zero-order valence-electron chi connectivity index (χ0n) is 17.2. The minimum atomic E-state index is -0.816.